The van der Waals surface area contributed by atoms with Crippen LogP contribution in [0.15, 0.2) is 45.1 Å². The fraction of sp³-hybridized carbons (Fsp3) is 0.217. The van der Waals surface area contributed by atoms with Crippen LogP contribution in [-0.2, 0) is 6.42 Å². The van der Waals surface area contributed by atoms with Crippen molar-refractivity contribution >= 4 is 16.9 Å². The second-order valence-electron chi connectivity index (χ2n) is 7.16. The first kappa shape index (κ1) is 24.1. The summed E-state index contributed by atoms with van der Waals surface area (Å²) in [4.78, 5) is 22.3. The first-order valence-electron chi connectivity index (χ1n) is 9.41. The number of fused-ring (bicyclic) bond motifs is 1. The number of phenols is 4. The van der Waals surface area contributed by atoms with Gasteiger partial charge in [-0.2, -0.15) is 0 Å². The third-order valence-electron chi connectivity index (χ3n) is 4.42. The Morgan fingerprint density at radius 3 is 2.12 bits per heavy atom. The van der Waals surface area contributed by atoms with E-state index in [0.29, 0.717) is 23.5 Å². The number of carboxylic acids is 1. The predicted molar refractivity (Wildman–Crippen MR) is 117 cm³/mol. The van der Waals surface area contributed by atoms with Crippen molar-refractivity contribution in [1.82, 2.24) is 0 Å². The average molecular weight is 444 g/mol. The molecule has 0 atom stereocenters. The second kappa shape index (κ2) is 9.78. The van der Waals surface area contributed by atoms with Crippen molar-refractivity contribution < 1.29 is 39.5 Å². The highest BCUT2D eigenvalue weighted by molar-refractivity contribution is 5.89. The van der Waals surface area contributed by atoms with Crippen LogP contribution in [0.5, 0.6) is 28.7 Å². The number of benzene rings is 2. The number of aromatic hydroxyl groups is 4. The zero-order valence-corrected chi connectivity index (χ0v) is 18.0. The van der Waals surface area contributed by atoms with E-state index >= 15 is 0 Å². The number of allylic oxidation sites excluding steroid dienone is 2. The Balaban J connectivity index is 0.000000258. The average Bonchev–Trinajstić information content (AvgIpc) is 2.70. The highest BCUT2D eigenvalue weighted by Gasteiger charge is 2.17. The lowest BCUT2D eigenvalue weighted by Crippen LogP contribution is -2.04. The first-order chi connectivity index (χ1) is 15.0. The maximum atomic E-state index is 12.0. The van der Waals surface area contributed by atoms with E-state index in [1.807, 2.05) is 19.9 Å². The Kier molecular flexibility index (Phi) is 7.37. The fourth-order valence-corrected chi connectivity index (χ4v) is 2.87. The lowest BCUT2D eigenvalue weighted by Gasteiger charge is -2.11. The van der Waals surface area contributed by atoms with Gasteiger partial charge in [0.05, 0.1) is 12.7 Å². The highest BCUT2D eigenvalue weighted by Crippen LogP contribution is 2.35. The molecule has 32 heavy (non-hydrogen) atoms. The molecule has 9 heteroatoms. The molecule has 0 spiro atoms. The van der Waals surface area contributed by atoms with Gasteiger partial charge in [-0.3, -0.25) is 4.79 Å². The van der Waals surface area contributed by atoms with E-state index in [9.17, 15) is 14.7 Å². The van der Waals surface area contributed by atoms with Gasteiger partial charge in [-0.05, 0) is 39.3 Å². The number of aryl methyl sites for hydroxylation is 1. The molecular weight excluding hydrogens is 420 g/mol. The molecule has 0 aliphatic carbocycles. The number of carboxylic acid groups (broad SMARTS) is 1. The molecule has 5 N–H and O–H groups in total. The molecule has 0 saturated carbocycles. The normalized spacial score (nSPS) is 10.2. The van der Waals surface area contributed by atoms with E-state index in [1.165, 1.54) is 19.2 Å². The van der Waals surface area contributed by atoms with Crippen LogP contribution in [-0.4, -0.2) is 38.6 Å². The van der Waals surface area contributed by atoms with Crippen molar-refractivity contribution in [3.05, 3.63) is 63.0 Å². The van der Waals surface area contributed by atoms with Crippen LogP contribution in [0.25, 0.3) is 11.0 Å². The molecule has 170 valence electrons. The molecule has 0 bridgehead atoms. The van der Waals surface area contributed by atoms with Gasteiger partial charge in [-0.15, -0.1) is 0 Å². The smallest absolute Gasteiger partial charge is 0.335 e. The van der Waals surface area contributed by atoms with E-state index in [4.69, 9.17) is 29.6 Å². The molecular formula is C23H24O9. The number of hydrogen-bond acceptors (Lipinski definition) is 8. The summed E-state index contributed by atoms with van der Waals surface area (Å²) in [7, 11) is 1.53. The molecule has 3 aromatic rings. The monoisotopic (exact) mass is 444 g/mol. The van der Waals surface area contributed by atoms with Crippen molar-refractivity contribution in [2.45, 2.75) is 27.2 Å². The zero-order valence-electron chi connectivity index (χ0n) is 18.0. The lowest BCUT2D eigenvalue weighted by molar-refractivity contribution is 0.0696. The van der Waals surface area contributed by atoms with Crippen molar-refractivity contribution in [3.8, 4) is 28.7 Å². The van der Waals surface area contributed by atoms with Gasteiger partial charge in [0.1, 0.15) is 28.2 Å². The van der Waals surface area contributed by atoms with E-state index in [2.05, 4.69) is 0 Å². The molecule has 0 fully saturated rings. The molecule has 0 unspecified atom stereocenters. The maximum absolute atomic E-state index is 12.0. The topological polar surface area (TPSA) is 158 Å². The molecule has 0 amide bonds. The zero-order chi connectivity index (χ0) is 24.2. The summed E-state index contributed by atoms with van der Waals surface area (Å²) in [6.07, 6.45) is 2.60. The summed E-state index contributed by atoms with van der Waals surface area (Å²) in [5.74, 6) is -2.43. The second-order valence-corrected chi connectivity index (χ2v) is 7.16. The lowest BCUT2D eigenvalue weighted by atomic mass is 10.0. The number of phenolic OH excluding ortho intramolecular Hbond substituents is 4. The predicted octanol–water partition coefficient (Wildman–Crippen LogP) is 3.83. The quantitative estimate of drug-likeness (QED) is 0.298. The molecule has 1 heterocycles. The van der Waals surface area contributed by atoms with Gasteiger partial charge in [0.15, 0.2) is 22.7 Å². The molecule has 3 rings (SSSR count). The van der Waals surface area contributed by atoms with Gasteiger partial charge in [-0.1, -0.05) is 11.6 Å². The van der Waals surface area contributed by atoms with Crippen molar-refractivity contribution in [1.29, 1.82) is 0 Å². The minimum absolute atomic E-state index is 0.119. The van der Waals surface area contributed by atoms with Crippen LogP contribution in [0.1, 0.15) is 35.5 Å². The third-order valence-corrected chi connectivity index (χ3v) is 4.42. The number of methoxy groups -OCH3 is 1. The Morgan fingerprint density at radius 2 is 1.62 bits per heavy atom. The third kappa shape index (κ3) is 5.31. The Labute approximate surface area is 183 Å². The molecule has 0 aliphatic rings. The Bertz CT molecular complexity index is 1230. The van der Waals surface area contributed by atoms with Crippen molar-refractivity contribution in [2.24, 2.45) is 0 Å². The van der Waals surface area contributed by atoms with E-state index in [-0.39, 0.29) is 22.1 Å². The standard InChI is InChI=1S/C16H18O4.C7H6O5/c1-9(2)5-6-11-14(19-4)8-13(18)15-12(17)7-10(3)20-16(11)15;8-4-1-3(7(11)12)2-5(9)6(4)10/h5,7-8,18H,6H2,1-4H3;1-2,8-10H,(H,11,12). The van der Waals surface area contributed by atoms with Crippen molar-refractivity contribution in [2.75, 3.05) is 7.11 Å². The molecule has 9 nitrogen and oxygen atoms in total. The number of ether oxygens (including phenoxy) is 1. The largest absolute Gasteiger partial charge is 0.507 e. The maximum Gasteiger partial charge on any atom is 0.335 e. The van der Waals surface area contributed by atoms with Gasteiger partial charge in [-0.25, -0.2) is 4.79 Å². The summed E-state index contributed by atoms with van der Waals surface area (Å²) in [6.45, 7) is 5.70. The van der Waals surface area contributed by atoms with Crippen LogP contribution in [0.4, 0.5) is 0 Å². The molecule has 2 aromatic carbocycles. The minimum atomic E-state index is -1.29. The SMILES string of the molecule is COc1cc(O)c2c(=O)cc(C)oc2c1CC=C(C)C.O=C(O)c1cc(O)c(O)c(O)c1. The molecule has 1 aromatic heterocycles. The number of aromatic carboxylic acids is 1. The van der Waals surface area contributed by atoms with Gasteiger partial charge in [0.25, 0.3) is 0 Å². The number of rotatable bonds is 4. The van der Waals surface area contributed by atoms with Crippen LogP contribution in [0.3, 0.4) is 0 Å². The Morgan fingerprint density at radius 1 is 1.03 bits per heavy atom. The fourth-order valence-electron chi connectivity index (χ4n) is 2.87. The molecule has 0 radical (unpaired) electrons. The van der Waals surface area contributed by atoms with Gasteiger partial charge >= 0.3 is 5.97 Å². The van der Waals surface area contributed by atoms with Crippen molar-refractivity contribution in [3.63, 3.8) is 0 Å². The van der Waals surface area contributed by atoms with Crippen LogP contribution < -0.4 is 10.2 Å². The first-order valence-corrected chi connectivity index (χ1v) is 9.41. The van der Waals surface area contributed by atoms with E-state index < -0.39 is 23.2 Å². The summed E-state index contributed by atoms with van der Waals surface area (Å²) in [6, 6.07) is 4.52. The van der Waals surface area contributed by atoms with Crippen LogP contribution in [0, 0.1) is 6.92 Å². The highest BCUT2D eigenvalue weighted by atomic mass is 16.5. The van der Waals surface area contributed by atoms with E-state index in [1.54, 1.807) is 6.92 Å². The Hall–Kier alpha value is -4.14. The number of hydrogen-bond donors (Lipinski definition) is 5. The van der Waals surface area contributed by atoms with Crippen LogP contribution >= 0.6 is 0 Å². The molecule has 0 aliphatic heterocycles. The van der Waals surface area contributed by atoms with Gasteiger partial charge in [0, 0.05) is 17.7 Å². The molecule has 0 saturated heterocycles. The number of carbonyl (C=O) groups is 1. The van der Waals surface area contributed by atoms with E-state index in [0.717, 1.165) is 23.3 Å². The van der Waals surface area contributed by atoms with Gasteiger partial charge < -0.3 is 34.7 Å². The van der Waals surface area contributed by atoms with Gasteiger partial charge in [0.2, 0.25) is 0 Å². The summed E-state index contributed by atoms with van der Waals surface area (Å²) < 4.78 is 11.0. The minimum Gasteiger partial charge on any atom is -0.507 e. The summed E-state index contributed by atoms with van der Waals surface area (Å²) >= 11 is 0. The summed E-state index contributed by atoms with van der Waals surface area (Å²) in [5.41, 5.74) is 1.78. The van der Waals surface area contributed by atoms with Crippen LogP contribution in [0.2, 0.25) is 0 Å². The summed E-state index contributed by atoms with van der Waals surface area (Å²) in [5, 5.41) is 45.2.